The van der Waals surface area contributed by atoms with Gasteiger partial charge in [0.1, 0.15) is 0 Å². The standard InChI is InChI=1S/C23H18N4O2S/c1-14(21(28)25-17-11-10-15-6-2-3-7-16(15)12-17)30-23-27-26-22(29-23)19-13-24-20-9-5-4-8-18(19)20/h2-14,24H,1H3,(H,25,28)/t14-/m1/s1. The van der Waals surface area contributed by atoms with E-state index in [0.29, 0.717) is 11.1 Å². The van der Waals surface area contributed by atoms with Gasteiger partial charge in [-0.3, -0.25) is 4.79 Å². The number of H-pyrrole nitrogens is 1. The lowest BCUT2D eigenvalue weighted by Gasteiger charge is -2.10. The fraction of sp³-hybridized carbons (Fsp3) is 0.0870. The summed E-state index contributed by atoms with van der Waals surface area (Å²) in [6.07, 6.45) is 1.85. The van der Waals surface area contributed by atoms with Crippen LogP contribution in [0.3, 0.4) is 0 Å². The Balaban J connectivity index is 1.29. The average molecular weight is 414 g/mol. The summed E-state index contributed by atoms with van der Waals surface area (Å²) in [6.45, 7) is 1.82. The molecule has 1 atom stereocenters. The molecule has 7 heteroatoms. The molecule has 2 N–H and O–H groups in total. The van der Waals surface area contributed by atoms with Gasteiger partial charge in [0, 0.05) is 22.8 Å². The highest BCUT2D eigenvalue weighted by molar-refractivity contribution is 8.00. The number of fused-ring (bicyclic) bond motifs is 2. The largest absolute Gasteiger partial charge is 0.411 e. The number of carbonyl (C=O) groups is 1. The van der Waals surface area contributed by atoms with Gasteiger partial charge >= 0.3 is 0 Å². The molecule has 5 rings (SSSR count). The van der Waals surface area contributed by atoms with Crippen molar-refractivity contribution >= 4 is 45.0 Å². The lowest BCUT2D eigenvalue weighted by Crippen LogP contribution is -2.22. The summed E-state index contributed by atoms with van der Waals surface area (Å²) in [5, 5.41) is 14.4. The SMILES string of the molecule is C[C@@H](Sc1nnc(-c2c[nH]c3ccccc23)o1)C(=O)Nc1ccc2ccccc2c1. The van der Waals surface area contributed by atoms with Crippen LogP contribution in [0.1, 0.15) is 6.92 Å². The molecule has 2 heterocycles. The molecule has 0 aliphatic carbocycles. The molecule has 3 aromatic carbocycles. The number of anilines is 1. The number of rotatable bonds is 5. The number of nitrogens with one attached hydrogen (secondary N) is 2. The number of para-hydroxylation sites is 1. The van der Waals surface area contributed by atoms with Gasteiger partial charge in [0.15, 0.2) is 0 Å². The highest BCUT2D eigenvalue weighted by Crippen LogP contribution is 2.31. The predicted octanol–water partition coefficient (Wildman–Crippen LogP) is 5.49. The van der Waals surface area contributed by atoms with Crippen LogP contribution in [0.25, 0.3) is 33.1 Å². The van der Waals surface area contributed by atoms with E-state index in [1.54, 1.807) is 0 Å². The summed E-state index contributed by atoms with van der Waals surface area (Å²) in [5.74, 6) is 0.305. The Morgan fingerprint density at radius 1 is 1.03 bits per heavy atom. The Morgan fingerprint density at radius 3 is 2.73 bits per heavy atom. The highest BCUT2D eigenvalue weighted by atomic mass is 32.2. The van der Waals surface area contributed by atoms with E-state index in [4.69, 9.17) is 4.42 Å². The normalized spacial score (nSPS) is 12.3. The van der Waals surface area contributed by atoms with E-state index in [9.17, 15) is 4.79 Å². The van der Waals surface area contributed by atoms with E-state index >= 15 is 0 Å². The molecule has 0 aliphatic rings. The Hall–Kier alpha value is -3.58. The lowest BCUT2D eigenvalue weighted by atomic mass is 10.1. The van der Waals surface area contributed by atoms with Gasteiger partial charge < -0.3 is 14.7 Å². The van der Waals surface area contributed by atoms with Gasteiger partial charge in [-0.1, -0.05) is 60.3 Å². The van der Waals surface area contributed by atoms with E-state index in [0.717, 1.165) is 32.9 Å². The molecular formula is C23H18N4O2S. The molecule has 0 fully saturated rings. The Morgan fingerprint density at radius 2 is 1.83 bits per heavy atom. The molecule has 148 valence electrons. The average Bonchev–Trinajstić information content (AvgIpc) is 3.40. The monoisotopic (exact) mass is 414 g/mol. The van der Waals surface area contributed by atoms with Crippen LogP contribution in [-0.4, -0.2) is 26.3 Å². The number of thioether (sulfide) groups is 1. The van der Waals surface area contributed by atoms with Gasteiger partial charge in [0.25, 0.3) is 11.1 Å². The molecular weight excluding hydrogens is 396 g/mol. The summed E-state index contributed by atoms with van der Waals surface area (Å²) < 4.78 is 5.81. The highest BCUT2D eigenvalue weighted by Gasteiger charge is 2.20. The first-order valence-corrected chi connectivity index (χ1v) is 10.4. The van der Waals surface area contributed by atoms with Crippen LogP contribution in [0.5, 0.6) is 0 Å². The first-order chi connectivity index (χ1) is 14.7. The Labute approximate surface area is 176 Å². The van der Waals surface area contributed by atoms with E-state index in [1.165, 1.54) is 11.8 Å². The van der Waals surface area contributed by atoms with Crippen molar-refractivity contribution in [2.45, 2.75) is 17.4 Å². The van der Waals surface area contributed by atoms with Crippen molar-refractivity contribution < 1.29 is 9.21 Å². The fourth-order valence-electron chi connectivity index (χ4n) is 3.33. The second-order valence-corrected chi connectivity index (χ2v) is 8.22. The maximum absolute atomic E-state index is 12.6. The fourth-order valence-corrected chi connectivity index (χ4v) is 4.01. The minimum absolute atomic E-state index is 0.123. The van der Waals surface area contributed by atoms with Gasteiger partial charge in [0.2, 0.25) is 5.91 Å². The second kappa shape index (κ2) is 7.68. The van der Waals surface area contributed by atoms with E-state index < -0.39 is 5.25 Å². The van der Waals surface area contributed by atoms with Crippen LogP contribution < -0.4 is 5.32 Å². The minimum atomic E-state index is -0.396. The van der Waals surface area contributed by atoms with Crippen molar-refractivity contribution in [2.75, 3.05) is 5.32 Å². The number of amides is 1. The van der Waals surface area contributed by atoms with Crippen molar-refractivity contribution in [2.24, 2.45) is 0 Å². The molecule has 0 radical (unpaired) electrons. The van der Waals surface area contributed by atoms with Crippen LogP contribution >= 0.6 is 11.8 Å². The predicted molar refractivity (Wildman–Crippen MR) is 119 cm³/mol. The van der Waals surface area contributed by atoms with Gasteiger partial charge in [-0.25, -0.2) is 0 Å². The molecule has 0 unspecified atom stereocenters. The summed E-state index contributed by atoms with van der Waals surface area (Å²) >= 11 is 1.24. The van der Waals surface area contributed by atoms with E-state index in [1.807, 2.05) is 79.9 Å². The lowest BCUT2D eigenvalue weighted by molar-refractivity contribution is -0.115. The van der Waals surface area contributed by atoms with Gasteiger partial charge in [0.05, 0.1) is 10.8 Å². The zero-order chi connectivity index (χ0) is 20.5. The smallest absolute Gasteiger partial charge is 0.277 e. The molecule has 0 saturated heterocycles. The summed E-state index contributed by atoms with van der Waals surface area (Å²) in [7, 11) is 0. The van der Waals surface area contributed by atoms with Crippen molar-refractivity contribution in [3.05, 3.63) is 72.9 Å². The molecule has 0 bridgehead atoms. The molecule has 2 aromatic heterocycles. The first-order valence-electron chi connectivity index (χ1n) is 9.54. The molecule has 0 aliphatic heterocycles. The number of hydrogen-bond acceptors (Lipinski definition) is 5. The third-order valence-corrected chi connectivity index (χ3v) is 5.82. The third kappa shape index (κ3) is 3.55. The van der Waals surface area contributed by atoms with Gasteiger partial charge in [-0.15, -0.1) is 10.2 Å². The zero-order valence-corrected chi connectivity index (χ0v) is 16.9. The summed E-state index contributed by atoms with van der Waals surface area (Å²) in [4.78, 5) is 15.8. The molecule has 0 saturated carbocycles. The van der Waals surface area contributed by atoms with Crippen LogP contribution in [0.15, 0.2) is 82.6 Å². The van der Waals surface area contributed by atoms with Gasteiger partial charge in [-0.2, -0.15) is 0 Å². The molecule has 1 amide bonds. The summed E-state index contributed by atoms with van der Waals surface area (Å²) in [5.41, 5.74) is 2.61. The second-order valence-electron chi connectivity index (χ2n) is 6.93. The third-order valence-electron chi connectivity index (χ3n) is 4.89. The molecule has 5 aromatic rings. The maximum Gasteiger partial charge on any atom is 0.277 e. The van der Waals surface area contributed by atoms with Crippen LogP contribution in [-0.2, 0) is 4.79 Å². The van der Waals surface area contributed by atoms with Gasteiger partial charge in [-0.05, 0) is 35.9 Å². The number of benzene rings is 3. The topological polar surface area (TPSA) is 83.8 Å². The van der Waals surface area contributed by atoms with Crippen molar-refractivity contribution in [1.82, 2.24) is 15.2 Å². The van der Waals surface area contributed by atoms with Crippen LogP contribution in [0.4, 0.5) is 5.69 Å². The quantitative estimate of drug-likeness (QED) is 0.372. The van der Waals surface area contributed by atoms with E-state index in [-0.39, 0.29) is 5.91 Å². The Kier molecular flexibility index (Phi) is 4.72. The van der Waals surface area contributed by atoms with Crippen LogP contribution in [0.2, 0.25) is 0 Å². The number of aromatic nitrogens is 3. The number of aromatic amines is 1. The zero-order valence-electron chi connectivity index (χ0n) is 16.1. The number of nitrogens with zero attached hydrogens (tertiary/aromatic N) is 2. The maximum atomic E-state index is 12.6. The Bertz CT molecular complexity index is 1360. The van der Waals surface area contributed by atoms with Crippen LogP contribution in [0, 0.1) is 0 Å². The minimum Gasteiger partial charge on any atom is -0.411 e. The molecule has 6 nitrogen and oxygen atoms in total. The first kappa shape index (κ1) is 18.4. The summed E-state index contributed by atoms with van der Waals surface area (Å²) in [6, 6.07) is 21.8. The van der Waals surface area contributed by atoms with E-state index in [2.05, 4.69) is 20.5 Å². The molecule has 0 spiro atoms. The van der Waals surface area contributed by atoms with Crippen molar-refractivity contribution in [1.29, 1.82) is 0 Å². The number of hydrogen-bond donors (Lipinski definition) is 2. The van der Waals surface area contributed by atoms with Crippen molar-refractivity contribution in [3.8, 4) is 11.5 Å². The molecule has 30 heavy (non-hydrogen) atoms. The number of carbonyl (C=O) groups excluding carboxylic acids is 1. The van der Waals surface area contributed by atoms with Crippen molar-refractivity contribution in [3.63, 3.8) is 0 Å².